The quantitative estimate of drug-likeness (QED) is 0.0332. The van der Waals surface area contributed by atoms with E-state index < -0.39 is 32.5 Å². The first-order valence-electron chi connectivity index (χ1n) is 17.3. The predicted octanol–water partition coefficient (Wildman–Crippen LogP) is 9.84. The van der Waals surface area contributed by atoms with Crippen LogP contribution in [-0.4, -0.2) is 41.0 Å². The molecule has 8 nitrogen and oxygen atoms in total. The Morgan fingerprint density at radius 1 is 0.591 bits per heavy atom. The van der Waals surface area contributed by atoms with Gasteiger partial charge in [0.15, 0.2) is 6.10 Å². The van der Waals surface area contributed by atoms with Gasteiger partial charge < -0.3 is 19.3 Å². The maximum atomic E-state index is 12.3. The third-order valence-corrected chi connectivity index (χ3v) is 7.65. The lowest BCUT2D eigenvalue weighted by Crippen LogP contribution is -2.29. The van der Waals surface area contributed by atoms with Gasteiger partial charge in [-0.2, -0.15) is 0 Å². The Bertz CT molecular complexity index is 818. The Morgan fingerprint density at radius 3 is 1.57 bits per heavy atom. The molecule has 0 aliphatic heterocycles. The maximum Gasteiger partial charge on any atom is 0.469 e. The molecule has 44 heavy (non-hydrogen) atoms. The van der Waals surface area contributed by atoms with E-state index in [-0.39, 0.29) is 19.4 Å². The number of esters is 2. The van der Waals surface area contributed by atoms with Crippen LogP contribution in [0, 0.1) is 0 Å². The van der Waals surface area contributed by atoms with Crippen molar-refractivity contribution in [1.82, 2.24) is 0 Å². The van der Waals surface area contributed by atoms with Crippen LogP contribution in [0.1, 0.15) is 155 Å². The standard InChI is InChI=1S/C35H63O8P/c1-3-5-7-9-11-13-14-15-16-17-18-19-20-22-24-26-28-30-35(37)43-33(32-42-44(38,39)40)31-41-34(36)29-27-25-23-21-12-10-8-6-4-2/h11,13,15-16,18-19,33H,3-10,12,14,17,20-32H2,1-2H3,(H2,38,39,40)/b13-11+,16-15+,19-18+/t33-/m1/s1. The largest absolute Gasteiger partial charge is 0.469 e. The Balaban J connectivity index is 4.05. The van der Waals surface area contributed by atoms with Crippen LogP contribution >= 0.6 is 7.82 Å². The zero-order chi connectivity index (χ0) is 32.6. The van der Waals surface area contributed by atoms with Crippen LogP contribution in [0.15, 0.2) is 36.5 Å². The number of phosphoric ester groups is 1. The van der Waals surface area contributed by atoms with Crippen molar-refractivity contribution in [3.05, 3.63) is 36.5 Å². The molecule has 0 heterocycles. The minimum absolute atomic E-state index is 0.187. The first-order valence-corrected chi connectivity index (χ1v) is 18.8. The van der Waals surface area contributed by atoms with Crippen molar-refractivity contribution in [2.75, 3.05) is 13.2 Å². The third kappa shape index (κ3) is 33.2. The summed E-state index contributed by atoms with van der Waals surface area (Å²) < 4.78 is 26.2. The number of carbonyl (C=O) groups excluding carboxylic acids is 2. The van der Waals surface area contributed by atoms with Gasteiger partial charge in [0.25, 0.3) is 0 Å². The maximum absolute atomic E-state index is 12.3. The lowest BCUT2D eigenvalue weighted by atomic mass is 10.1. The summed E-state index contributed by atoms with van der Waals surface area (Å²) >= 11 is 0. The van der Waals surface area contributed by atoms with Gasteiger partial charge in [0.2, 0.25) is 0 Å². The molecule has 0 radical (unpaired) electrons. The Morgan fingerprint density at radius 2 is 1.02 bits per heavy atom. The van der Waals surface area contributed by atoms with E-state index in [0.717, 1.165) is 57.8 Å². The second-order valence-electron chi connectivity index (χ2n) is 11.5. The zero-order valence-electron chi connectivity index (χ0n) is 27.8. The van der Waals surface area contributed by atoms with Crippen LogP contribution in [0.2, 0.25) is 0 Å². The molecule has 0 saturated heterocycles. The van der Waals surface area contributed by atoms with Gasteiger partial charge in [-0.05, 0) is 51.4 Å². The minimum atomic E-state index is -4.75. The van der Waals surface area contributed by atoms with E-state index in [9.17, 15) is 14.2 Å². The van der Waals surface area contributed by atoms with Crippen molar-refractivity contribution in [2.24, 2.45) is 0 Å². The van der Waals surface area contributed by atoms with Crippen molar-refractivity contribution in [3.8, 4) is 0 Å². The van der Waals surface area contributed by atoms with Crippen molar-refractivity contribution in [1.29, 1.82) is 0 Å². The first-order chi connectivity index (χ1) is 21.3. The number of phosphoric acid groups is 1. The molecule has 0 spiro atoms. The molecule has 1 atom stereocenters. The van der Waals surface area contributed by atoms with Gasteiger partial charge in [-0.1, -0.05) is 127 Å². The topological polar surface area (TPSA) is 119 Å². The molecule has 0 fully saturated rings. The van der Waals surface area contributed by atoms with E-state index >= 15 is 0 Å². The van der Waals surface area contributed by atoms with Gasteiger partial charge >= 0.3 is 19.8 Å². The van der Waals surface area contributed by atoms with Gasteiger partial charge in [-0.25, -0.2) is 4.57 Å². The number of unbranched alkanes of at least 4 members (excludes halogenated alkanes) is 15. The highest BCUT2D eigenvalue weighted by Crippen LogP contribution is 2.35. The zero-order valence-corrected chi connectivity index (χ0v) is 28.7. The molecule has 0 aliphatic rings. The highest BCUT2D eigenvalue weighted by atomic mass is 31.2. The fourth-order valence-electron chi connectivity index (χ4n) is 4.55. The average molecular weight is 643 g/mol. The molecule has 0 aromatic carbocycles. The first kappa shape index (κ1) is 42.3. The van der Waals surface area contributed by atoms with E-state index in [1.54, 1.807) is 0 Å². The van der Waals surface area contributed by atoms with Gasteiger partial charge in [-0.15, -0.1) is 0 Å². The van der Waals surface area contributed by atoms with Gasteiger partial charge in [-0.3, -0.25) is 14.1 Å². The molecule has 0 unspecified atom stereocenters. The van der Waals surface area contributed by atoms with Crippen LogP contribution in [0.25, 0.3) is 0 Å². The van der Waals surface area contributed by atoms with Crippen molar-refractivity contribution >= 4 is 19.8 Å². The Kier molecular flexibility index (Phi) is 30.0. The van der Waals surface area contributed by atoms with Gasteiger partial charge in [0.1, 0.15) is 6.61 Å². The molecule has 2 N–H and O–H groups in total. The highest BCUT2D eigenvalue weighted by molar-refractivity contribution is 7.46. The fourth-order valence-corrected chi connectivity index (χ4v) is 4.91. The molecule has 0 saturated carbocycles. The van der Waals surface area contributed by atoms with Crippen molar-refractivity contribution < 1.29 is 37.9 Å². The highest BCUT2D eigenvalue weighted by Gasteiger charge is 2.22. The number of hydrogen-bond donors (Lipinski definition) is 2. The number of ether oxygens (including phenoxy) is 2. The summed E-state index contributed by atoms with van der Waals surface area (Å²) in [5.41, 5.74) is 0. The summed E-state index contributed by atoms with van der Waals surface area (Å²) in [4.78, 5) is 42.5. The molecule has 0 amide bonds. The SMILES string of the molecule is CCCCC/C=C/C/C=C/C/C=C/CCCCCCC(=O)O[C@H](COC(=O)CCCCCCCCCCC)COP(=O)(O)O. The Labute approximate surface area is 268 Å². The number of hydrogen-bond acceptors (Lipinski definition) is 6. The molecule has 0 aromatic heterocycles. The van der Waals surface area contributed by atoms with Crippen LogP contribution in [-0.2, 0) is 28.2 Å². The van der Waals surface area contributed by atoms with Crippen LogP contribution in [0.4, 0.5) is 0 Å². The van der Waals surface area contributed by atoms with Crippen molar-refractivity contribution in [2.45, 2.75) is 161 Å². The average Bonchev–Trinajstić information content (AvgIpc) is 2.98. The summed E-state index contributed by atoms with van der Waals surface area (Å²) in [7, 11) is -4.75. The summed E-state index contributed by atoms with van der Waals surface area (Å²) in [6, 6.07) is 0. The minimum Gasteiger partial charge on any atom is -0.462 e. The summed E-state index contributed by atoms with van der Waals surface area (Å²) in [5, 5.41) is 0. The monoisotopic (exact) mass is 642 g/mol. The second-order valence-corrected chi connectivity index (χ2v) is 12.7. The molecular weight excluding hydrogens is 579 g/mol. The second kappa shape index (κ2) is 31.3. The molecule has 256 valence electrons. The summed E-state index contributed by atoms with van der Waals surface area (Å²) in [5.74, 6) is -0.914. The predicted molar refractivity (Wildman–Crippen MR) is 179 cm³/mol. The van der Waals surface area contributed by atoms with E-state index in [1.807, 2.05) is 0 Å². The normalized spacial score (nSPS) is 12.9. The van der Waals surface area contributed by atoms with E-state index in [0.29, 0.717) is 6.42 Å². The van der Waals surface area contributed by atoms with E-state index in [1.165, 1.54) is 64.2 Å². The van der Waals surface area contributed by atoms with Crippen LogP contribution < -0.4 is 0 Å². The molecule has 9 heteroatoms. The number of carbonyl (C=O) groups is 2. The van der Waals surface area contributed by atoms with E-state index in [4.69, 9.17) is 19.3 Å². The van der Waals surface area contributed by atoms with Gasteiger partial charge in [0, 0.05) is 12.8 Å². The van der Waals surface area contributed by atoms with Crippen molar-refractivity contribution in [3.63, 3.8) is 0 Å². The molecular formula is C35H63O8P. The fraction of sp³-hybridized carbons (Fsp3) is 0.771. The van der Waals surface area contributed by atoms with Crippen LogP contribution in [0.3, 0.4) is 0 Å². The Hall–Kier alpha value is -1.73. The lowest BCUT2D eigenvalue weighted by molar-refractivity contribution is -0.161. The lowest BCUT2D eigenvalue weighted by Gasteiger charge is -2.18. The molecule has 0 aliphatic carbocycles. The van der Waals surface area contributed by atoms with Crippen LogP contribution in [0.5, 0.6) is 0 Å². The summed E-state index contributed by atoms with van der Waals surface area (Å²) in [6.07, 6.45) is 34.4. The summed E-state index contributed by atoms with van der Waals surface area (Å²) in [6.45, 7) is 3.59. The van der Waals surface area contributed by atoms with Gasteiger partial charge in [0.05, 0.1) is 6.61 Å². The smallest absolute Gasteiger partial charge is 0.462 e. The van der Waals surface area contributed by atoms with E-state index in [2.05, 4.69) is 54.8 Å². The molecule has 0 rings (SSSR count). The third-order valence-electron chi connectivity index (χ3n) is 7.16. The number of allylic oxidation sites excluding steroid dienone is 6. The molecule has 0 bridgehead atoms. The number of rotatable bonds is 31. The molecule has 0 aromatic rings.